The normalized spacial score (nSPS) is 10.7. The molecular formula is C16H15N3O4. The zero-order valence-electron chi connectivity index (χ0n) is 12.7. The lowest BCUT2D eigenvalue weighted by atomic mass is 10.2. The number of carboxylic acid groups (broad SMARTS) is 1. The van der Waals surface area contributed by atoms with Gasteiger partial charge in [-0.05, 0) is 29.8 Å². The molecule has 7 heteroatoms. The highest BCUT2D eigenvalue weighted by molar-refractivity contribution is 5.99. The van der Waals surface area contributed by atoms with Crippen LogP contribution in [0.2, 0.25) is 0 Å². The topological polar surface area (TPSA) is 86.5 Å². The van der Waals surface area contributed by atoms with Crippen molar-refractivity contribution in [2.24, 2.45) is 0 Å². The van der Waals surface area contributed by atoms with Crippen molar-refractivity contribution in [2.45, 2.75) is 6.54 Å². The molecule has 0 amide bonds. The third-order valence-electron chi connectivity index (χ3n) is 3.49. The standard InChI is InChI=1S/C16H15N3O4/c1-22-12-6-5-10(8-13(12)23-2)9-19-15-11(4-3-7-17-15)14(18-19)16(20)21/h3-8H,9H2,1-2H3,(H,20,21). The number of methoxy groups -OCH3 is 2. The first-order valence-corrected chi connectivity index (χ1v) is 6.89. The monoisotopic (exact) mass is 313 g/mol. The number of benzene rings is 1. The number of aromatic carboxylic acids is 1. The number of aromatic nitrogens is 3. The molecule has 0 radical (unpaired) electrons. The third-order valence-corrected chi connectivity index (χ3v) is 3.49. The third kappa shape index (κ3) is 2.68. The van der Waals surface area contributed by atoms with E-state index >= 15 is 0 Å². The molecule has 0 saturated carbocycles. The number of hydrogen-bond donors (Lipinski definition) is 1. The Morgan fingerprint density at radius 2 is 2.00 bits per heavy atom. The first-order valence-electron chi connectivity index (χ1n) is 6.89. The Morgan fingerprint density at radius 1 is 1.22 bits per heavy atom. The Bertz CT molecular complexity index is 873. The summed E-state index contributed by atoms with van der Waals surface area (Å²) in [5.74, 6) is 0.160. The summed E-state index contributed by atoms with van der Waals surface area (Å²) < 4.78 is 12.1. The van der Waals surface area contributed by atoms with Gasteiger partial charge in [-0.1, -0.05) is 6.07 Å². The molecule has 3 aromatic rings. The van der Waals surface area contributed by atoms with E-state index in [0.29, 0.717) is 29.1 Å². The van der Waals surface area contributed by atoms with Gasteiger partial charge in [0.2, 0.25) is 0 Å². The molecule has 0 saturated heterocycles. The second kappa shape index (κ2) is 5.96. The van der Waals surface area contributed by atoms with Crippen molar-refractivity contribution in [1.29, 1.82) is 0 Å². The van der Waals surface area contributed by atoms with E-state index in [0.717, 1.165) is 5.56 Å². The van der Waals surface area contributed by atoms with Gasteiger partial charge in [-0.15, -0.1) is 0 Å². The molecule has 2 heterocycles. The van der Waals surface area contributed by atoms with E-state index in [1.807, 2.05) is 12.1 Å². The van der Waals surface area contributed by atoms with Crippen LogP contribution in [0.25, 0.3) is 11.0 Å². The molecule has 1 N–H and O–H groups in total. The van der Waals surface area contributed by atoms with E-state index in [1.54, 1.807) is 43.3 Å². The summed E-state index contributed by atoms with van der Waals surface area (Å²) >= 11 is 0. The first-order chi connectivity index (χ1) is 11.1. The van der Waals surface area contributed by atoms with Crippen LogP contribution in [0, 0.1) is 0 Å². The highest BCUT2D eigenvalue weighted by atomic mass is 16.5. The van der Waals surface area contributed by atoms with E-state index in [4.69, 9.17) is 9.47 Å². The number of carboxylic acids is 1. The van der Waals surface area contributed by atoms with Gasteiger partial charge < -0.3 is 14.6 Å². The highest BCUT2D eigenvalue weighted by Crippen LogP contribution is 2.28. The minimum absolute atomic E-state index is 0.00595. The van der Waals surface area contributed by atoms with Crippen LogP contribution in [0.1, 0.15) is 16.1 Å². The highest BCUT2D eigenvalue weighted by Gasteiger charge is 2.17. The number of hydrogen-bond acceptors (Lipinski definition) is 5. The summed E-state index contributed by atoms with van der Waals surface area (Å²) in [5, 5.41) is 14.0. The van der Waals surface area contributed by atoms with Gasteiger partial charge in [0.25, 0.3) is 0 Å². The number of fused-ring (bicyclic) bond motifs is 1. The summed E-state index contributed by atoms with van der Waals surface area (Å²) in [7, 11) is 3.14. The Balaban J connectivity index is 2.03. The van der Waals surface area contributed by atoms with Gasteiger partial charge in [-0.25, -0.2) is 14.5 Å². The van der Waals surface area contributed by atoms with Gasteiger partial charge in [0.15, 0.2) is 22.8 Å². The molecular weight excluding hydrogens is 298 g/mol. The second-order valence-electron chi connectivity index (χ2n) is 4.88. The molecule has 7 nitrogen and oxygen atoms in total. The SMILES string of the molecule is COc1ccc(Cn2nc(C(=O)O)c3cccnc32)cc1OC. The number of rotatable bonds is 5. The van der Waals surface area contributed by atoms with Crippen LogP contribution in [0.5, 0.6) is 11.5 Å². The molecule has 0 unspecified atom stereocenters. The minimum Gasteiger partial charge on any atom is -0.493 e. The molecule has 0 aliphatic carbocycles. The molecule has 1 aromatic carbocycles. The first kappa shape index (κ1) is 14.8. The average molecular weight is 313 g/mol. The number of ether oxygens (including phenoxy) is 2. The Labute approximate surface area is 132 Å². The molecule has 3 rings (SSSR count). The second-order valence-corrected chi connectivity index (χ2v) is 4.88. The predicted octanol–water partition coefficient (Wildman–Crippen LogP) is 2.20. The van der Waals surface area contributed by atoms with Gasteiger partial charge in [-0.2, -0.15) is 5.10 Å². The fourth-order valence-electron chi connectivity index (χ4n) is 2.43. The number of carbonyl (C=O) groups is 1. The summed E-state index contributed by atoms with van der Waals surface area (Å²) in [6, 6.07) is 8.89. The van der Waals surface area contributed by atoms with Crippen molar-refractivity contribution in [3.63, 3.8) is 0 Å². The van der Waals surface area contributed by atoms with Crippen LogP contribution in [0.3, 0.4) is 0 Å². The van der Waals surface area contributed by atoms with E-state index in [-0.39, 0.29) is 5.69 Å². The van der Waals surface area contributed by atoms with E-state index in [1.165, 1.54) is 0 Å². The predicted molar refractivity (Wildman–Crippen MR) is 83.1 cm³/mol. The molecule has 118 valence electrons. The lowest BCUT2D eigenvalue weighted by molar-refractivity contribution is 0.0691. The maximum atomic E-state index is 11.3. The zero-order chi connectivity index (χ0) is 16.4. The Kier molecular flexibility index (Phi) is 3.84. The van der Waals surface area contributed by atoms with Crippen molar-refractivity contribution in [3.05, 3.63) is 47.8 Å². The summed E-state index contributed by atoms with van der Waals surface area (Å²) in [6.07, 6.45) is 1.61. The molecule has 0 fully saturated rings. The maximum absolute atomic E-state index is 11.3. The van der Waals surface area contributed by atoms with E-state index < -0.39 is 5.97 Å². The molecule has 0 aliphatic heterocycles. The Hall–Kier alpha value is -3.09. The van der Waals surface area contributed by atoms with Crippen molar-refractivity contribution in [3.8, 4) is 11.5 Å². The van der Waals surface area contributed by atoms with E-state index in [2.05, 4.69) is 10.1 Å². The van der Waals surface area contributed by atoms with Gasteiger partial charge >= 0.3 is 5.97 Å². The lowest BCUT2D eigenvalue weighted by Crippen LogP contribution is -2.05. The number of nitrogens with zero attached hydrogens (tertiary/aromatic N) is 3. The van der Waals surface area contributed by atoms with Gasteiger partial charge in [0.1, 0.15) is 0 Å². The molecule has 23 heavy (non-hydrogen) atoms. The van der Waals surface area contributed by atoms with Crippen molar-refractivity contribution >= 4 is 17.0 Å². The maximum Gasteiger partial charge on any atom is 0.357 e. The largest absolute Gasteiger partial charge is 0.493 e. The smallest absolute Gasteiger partial charge is 0.357 e. The van der Waals surface area contributed by atoms with Crippen molar-refractivity contribution < 1.29 is 19.4 Å². The summed E-state index contributed by atoms with van der Waals surface area (Å²) in [6.45, 7) is 0.376. The van der Waals surface area contributed by atoms with Gasteiger partial charge in [0, 0.05) is 6.20 Å². The van der Waals surface area contributed by atoms with E-state index in [9.17, 15) is 9.90 Å². The van der Waals surface area contributed by atoms with Crippen molar-refractivity contribution in [2.75, 3.05) is 14.2 Å². The molecule has 0 spiro atoms. The fourth-order valence-corrected chi connectivity index (χ4v) is 2.43. The molecule has 0 atom stereocenters. The van der Waals surface area contributed by atoms with Crippen molar-refractivity contribution in [1.82, 2.24) is 14.8 Å². The van der Waals surface area contributed by atoms with Gasteiger partial charge in [-0.3, -0.25) is 0 Å². The van der Waals surface area contributed by atoms with Crippen LogP contribution in [0.4, 0.5) is 0 Å². The molecule has 0 bridgehead atoms. The van der Waals surface area contributed by atoms with Gasteiger partial charge in [0.05, 0.1) is 26.2 Å². The summed E-state index contributed by atoms with van der Waals surface area (Å²) in [5.41, 5.74) is 1.42. The van der Waals surface area contributed by atoms with Crippen LogP contribution in [-0.2, 0) is 6.54 Å². The van der Waals surface area contributed by atoms with Crippen LogP contribution in [-0.4, -0.2) is 40.1 Å². The number of pyridine rings is 1. The summed E-state index contributed by atoms with van der Waals surface area (Å²) in [4.78, 5) is 15.6. The fraction of sp³-hybridized carbons (Fsp3) is 0.188. The Morgan fingerprint density at radius 3 is 2.70 bits per heavy atom. The van der Waals surface area contributed by atoms with Crippen LogP contribution >= 0.6 is 0 Å². The zero-order valence-corrected chi connectivity index (χ0v) is 12.7. The molecule has 0 aliphatic rings. The minimum atomic E-state index is -1.07. The average Bonchev–Trinajstić information content (AvgIpc) is 2.94. The quantitative estimate of drug-likeness (QED) is 0.777. The lowest BCUT2D eigenvalue weighted by Gasteiger charge is -2.10. The molecule has 2 aromatic heterocycles. The van der Waals surface area contributed by atoms with Crippen LogP contribution < -0.4 is 9.47 Å². The van der Waals surface area contributed by atoms with Crippen LogP contribution in [0.15, 0.2) is 36.5 Å².